The van der Waals surface area contributed by atoms with Crippen molar-refractivity contribution < 1.29 is 9.85 Å². The van der Waals surface area contributed by atoms with E-state index in [-0.39, 0.29) is 5.69 Å². The summed E-state index contributed by atoms with van der Waals surface area (Å²) >= 11 is 0. The van der Waals surface area contributed by atoms with E-state index in [9.17, 15) is 25.0 Å². The summed E-state index contributed by atoms with van der Waals surface area (Å²) in [5, 5.41) is 24.8. The van der Waals surface area contributed by atoms with E-state index >= 15 is 0 Å². The minimum atomic E-state index is -0.766. The van der Waals surface area contributed by atoms with Gasteiger partial charge in [0.05, 0.1) is 21.6 Å². The van der Waals surface area contributed by atoms with Gasteiger partial charge in [-0.3, -0.25) is 30.1 Å². The fourth-order valence-corrected chi connectivity index (χ4v) is 2.30. The van der Waals surface area contributed by atoms with Crippen molar-refractivity contribution in [3.8, 4) is 16.9 Å². The lowest BCUT2D eigenvalue weighted by atomic mass is 10.2. The number of nitrogens with one attached hydrogen (secondary N) is 1. The van der Waals surface area contributed by atoms with Crippen molar-refractivity contribution in [2.45, 2.75) is 0 Å². The summed E-state index contributed by atoms with van der Waals surface area (Å²) in [6.45, 7) is 0. The van der Waals surface area contributed by atoms with Crippen molar-refractivity contribution in [3.63, 3.8) is 0 Å². The molecule has 0 bridgehead atoms. The lowest BCUT2D eigenvalue weighted by molar-refractivity contribution is -0.394. The third-order valence-electron chi connectivity index (χ3n) is 3.41. The van der Waals surface area contributed by atoms with Crippen molar-refractivity contribution in [1.29, 1.82) is 0 Å². The zero-order chi connectivity index (χ0) is 17.3. The second kappa shape index (κ2) is 5.80. The second-order valence-corrected chi connectivity index (χ2v) is 4.90. The van der Waals surface area contributed by atoms with Crippen LogP contribution in [-0.4, -0.2) is 19.6 Å². The van der Waals surface area contributed by atoms with Gasteiger partial charge >= 0.3 is 5.69 Å². The van der Waals surface area contributed by atoms with Gasteiger partial charge in [-0.25, -0.2) is 4.68 Å². The Bertz CT molecular complexity index is 991. The highest BCUT2D eigenvalue weighted by Crippen LogP contribution is 2.27. The van der Waals surface area contributed by atoms with Gasteiger partial charge in [-0.2, -0.15) is 0 Å². The Morgan fingerprint density at radius 2 is 1.62 bits per heavy atom. The van der Waals surface area contributed by atoms with Crippen molar-refractivity contribution >= 4 is 11.4 Å². The molecule has 0 aliphatic heterocycles. The number of aromatic amines is 1. The number of rotatable bonds is 4. The maximum absolute atomic E-state index is 12.2. The van der Waals surface area contributed by atoms with Gasteiger partial charge in [0.15, 0.2) is 0 Å². The summed E-state index contributed by atoms with van der Waals surface area (Å²) in [6.07, 6.45) is 0. The van der Waals surface area contributed by atoms with Gasteiger partial charge in [0, 0.05) is 12.1 Å². The van der Waals surface area contributed by atoms with Crippen LogP contribution >= 0.6 is 0 Å². The largest absolute Gasteiger partial charge is 0.301 e. The molecule has 24 heavy (non-hydrogen) atoms. The number of nitro benzene ring substituents is 2. The van der Waals surface area contributed by atoms with Crippen LogP contribution in [0, 0.1) is 20.2 Å². The smallest absolute Gasteiger partial charge is 0.290 e. The molecule has 1 aromatic heterocycles. The average molecular weight is 326 g/mol. The number of non-ortho nitro benzene ring substituents is 1. The summed E-state index contributed by atoms with van der Waals surface area (Å²) in [4.78, 5) is 32.7. The zero-order valence-electron chi connectivity index (χ0n) is 12.1. The molecule has 0 unspecified atom stereocenters. The van der Waals surface area contributed by atoms with E-state index in [1.807, 2.05) is 6.07 Å². The normalized spacial score (nSPS) is 10.5. The van der Waals surface area contributed by atoms with Gasteiger partial charge in [0.1, 0.15) is 5.69 Å². The van der Waals surface area contributed by atoms with E-state index in [0.717, 1.165) is 22.4 Å². The van der Waals surface area contributed by atoms with Gasteiger partial charge in [-0.15, -0.1) is 0 Å². The van der Waals surface area contributed by atoms with Crippen LogP contribution in [0.3, 0.4) is 0 Å². The Balaban J connectivity index is 2.16. The first-order valence-corrected chi connectivity index (χ1v) is 6.78. The quantitative estimate of drug-likeness (QED) is 0.583. The highest BCUT2D eigenvalue weighted by Gasteiger charge is 2.22. The Morgan fingerprint density at radius 3 is 2.25 bits per heavy atom. The Morgan fingerprint density at radius 1 is 0.917 bits per heavy atom. The molecule has 0 atom stereocenters. The fraction of sp³-hybridized carbons (Fsp3) is 0. The summed E-state index contributed by atoms with van der Waals surface area (Å²) in [5.41, 5.74) is -0.323. The van der Waals surface area contributed by atoms with Crippen LogP contribution < -0.4 is 5.56 Å². The summed E-state index contributed by atoms with van der Waals surface area (Å²) < 4.78 is 0.990. The molecular weight excluding hydrogens is 316 g/mol. The number of aromatic nitrogens is 2. The molecule has 0 aliphatic carbocycles. The monoisotopic (exact) mass is 326 g/mol. The maximum atomic E-state index is 12.2. The molecule has 120 valence electrons. The SMILES string of the molecule is O=c1cc(-c2ccccc2)[nH]n1-c1ccc([N+](=O)[O-])cc1[N+](=O)[O-]. The summed E-state index contributed by atoms with van der Waals surface area (Å²) in [6, 6.07) is 13.4. The minimum absolute atomic E-state index is 0.0715. The Hall–Kier alpha value is -3.75. The average Bonchev–Trinajstić information content (AvgIpc) is 2.96. The topological polar surface area (TPSA) is 124 Å². The number of nitrogens with zero attached hydrogens (tertiary/aromatic N) is 3. The fourth-order valence-electron chi connectivity index (χ4n) is 2.30. The number of nitro groups is 2. The Kier molecular flexibility index (Phi) is 3.66. The van der Waals surface area contributed by atoms with E-state index in [4.69, 9.17) is 0 Å². The lowest BCUT2D eigenvalue weighted by Crippen LogP contribution is -2.15. The highest BCUT2D eigenvalue weighted by atomic mass is 16.6. The van der Waals surface area contributed by atoms with Crippen LogP contribution in [0.1, 0.15) is 0 Å². The molecule has 0 saturated carbocycles. The first kappa shape index (κ1) is 15.2. The summed E-state index contributed by atoms with van der Waals surface area (Å²) in [5.74, 6) is 0. The zero-order valence-corrected chi connectivity index (χ0v) is 12.1. The van der Waals surface area contributed by atoms with Gasteiger partial charge in [0.2, 0.25) is 0 Å². The van der Waals surface area contributed by atoms with Crippen LogP contribution in [0.25, 0.3) is 16.9 Å². The molecule has 0 saturated heterocycles. The molecule has 0 radical (unpaired) electrons. The third-order valence-corrected chi connectivity index (χ3v) is 3.41. The second-order valence-electron chi connectivity index (χ2n) is 4.90. The van der Waals surface area contributed by atoms with Crippen LogP contribution in [0.15, 0.2) is 59.4 Å². The van der Waals surface area contributed by atoms with E-state index in [1.54, 1.807) is 24.3 Å². The number of hydrogen-bond donors (Lipinski definition) is 1. The minimum Gasteiger partial charge on any atom is -0.290 e. The molecule has 3 aromatic rings. The van der Waals surface area contributed by atoms with Gasteiger partial charge < -0.3 is 0 Å². The predicted octanol–water partition coefficient (Wildman–Crippen LogP) is 2.65. The van der Waals surface area contributed by atoms with Crippen molar-refractivity contribution in [2.75, 3.05) is 0 Å². The van der Waals surface area contributed by atoms with Gasteiger partial charge in [0.25, 0.3) is 11.2 Å². The first-order chi connectivity index (χ1) is 11.5. The van der Waals surface area contributed by atoms with Crippen LogP contribution in [0.5, 0.6) is 0 Å². The highest BCUT2D eigenvalue weighted by molar-refractivity contribution is 5.61. The Labute approximate surface area is 134 Å². The standard InChI is InChI=1S/C15H10N4O5/c20-15-9-12(10-4-2-1-3-5-10)16-17(15)13-7-6-11(18(21)22)8-14(13)19(23)24/h1-9,16H. The van der Waals surface area contributed by atoms with Crippen LogP contribution in [0.2, 0.25) is 0 Å². The van der Waals surface area contributed by atoms with Gasteiger partial charge in [-0.05, 0) is 11.6 Å². The predicted molar refractivity (Wildman–Crippen MR) is 85.1 cm³/mol. The van der Waals surface area contributed by atoms with E-state index < -0.39 is 26.8 Å². The molecule has 9 heteroatoms. The van der Waals surface area contributed by atoms with Crippen molar-refractivity contribution in [1.82, 2.24) is 9.78 Å². The number of H-pyrrole nitrogens is 1. The molecule has 1 N–H and O–H groups in total. The molecule has 0 aliphatic rings. The molecule has 0 fully saturated rings. The maximum Gasteiger partial charge on any atom is 0.301 e. The van der Waals surface area contributed by atoms with Crippen molar-refractivity contribution in [2.24, 2.45) is 0 Å². The molecule has 0 spiro atoms. The summed E-state index contributed by atoms with van der Waals surface area (Å²) in [7, 11) is 0. The number of benzene rings is 2. The molecule has 1 heterocycles. The van der Waals surface area contributed by atoms with Crippen LogP contribution in [0.4, 0.5) is 11.4 Å². The van der Waals surface area contributed by atoms with E-state index in [2.05, 4.69) is 5.10 Å². The lowest BCUT2D eigenvalue weighted by Gasteiger charge is -2.04. The first-order valence-electron chi connectivity index (χ1n) is 6.78. The molecular formula is C15H10N4O5. The molecule has 3 rings (SSSR count). The van der Waals surface area contributed by atoms with E-state index in [0.29, 0.717) is 5.69 Å². The van der Waals surface area contributed by atoms with Crippen molar-refractivity contribution in [3.05, 3.63) is 85.2 Å². The van der Waals surface area contributed by atoms with Crippen LogP contribution in [-0.2, 0) is 0 Å². The van der Waals surface area contributed by atoms with E-state index in [1.165, 1.54) is 12.1 Å². The molecule has 9 nitrogen and oxygen atoms in total. The number of hydrogen-bond acceptors (Lipinski definition) is 5. The molecule has 2 aromatic carbocycles. The molecule has 0 amide bonds. The third kappa shape index (κ3) is 2.65. The van der Waals surface area contributed by atoms with Gasteiger partial charge in [-0.1, -0.05) is 30.3 Å².